The van der Waals surface area contributed by atoms with Crippen LogP contribution in [-0.2, 0) is 23.5 Å². The molecule has 3 rings (SSSR count). The van der Waals surface area contributed by atoms with E-state index in [2.05, 4.69) is 28.7 Å². The minimum Gasteiger partial charge on any atom is -0.302 e. The molecule has 8 heteroatoms. The van der Waals surface area contributed by atoms with Crippen molar-refractivity contribution in [2.45, 2.75) is 44.6 Å². The van der Waals surface area contributed by atoms with E-state index in [1.165, 1.54) is 16.9 Å². The van der Waals surface area contributed by atoms with E-state index >= 15 is 0 Å². The molecule has 3 aromatic rings. The summed E-state index contributed by atoms with van der Waals surface area (Å²) in [6.07, 6.45) is 2.80. The Labute approximate surface area is 173 Å². The molecule has 0 aliphatic carbocycles. The first-order valence-electron chi connectivity index (χ1n) is 9.01. The molecule has 0 saturated heterocycles. The van der Waals surface area contributed by atoms with E-state index in [0.717, 1.165) is 28.8 Å². The van der Waals surface area contributed by atoms with Crippen LogP contribution in [0.4, 0.5) is 10.8 Å². The number of amides is 1. The van der Waals surface area contributed by atoms with Gasteiger partial charge in [-0.05, 0) is 31.0 Å². The minimum absolute atomic E-state index is 0.0563. The summed E-state index contributed by atoms with van der Waals surface area (Å²) in [5.74, 6) is 1.46. The molecule has 0 unspecified atom stereocenters. The smallest absolute Gasteiger partial charge is 0.230 e. The van der Waals surface area contributed by atoms with Gasteiger partial charge in [0.1, 0.15) is 5.82 Å². The molecule has 1 aromatic carbocycles. The molecule has 0 saturated carbocycles. The van der Waals surface area contributed by atoms with Crippen molar-refractivity contribution in [3.05, 3.63) is 59.4 Å². The molecular weight excluding hydrogens is 390 g/mol. The summed E-state index contributed by atoms with van der Waals surface area (Å²) in [5, 5.41) is 11.9. The van der Waals surface area contributed by atoms with Gasteiger partial charge in [-0.1, -0.05) is 36.9 Å². The Hall–Kier alpha value is -2.45. The quantitative estimate of drug-likeness (QED) is 0.393. The Morgan fingerprint density at radius 2 is 2.07 bits per heavy atom. The molecule has 0 spiro atoms. The molecule has 0 fully saturated rings. The monoisotopic (exact) mass is 413 g/mol. The number of carbonyl (C=O) groups excluding carboxylic acids is 1. The standard InChI is InChI=1S/C20H23N5OS2/c1-5-11-24-14(3)22-23-20(24)28-13-17-12-27-19(21-17)25(15(4)26)18-9-7-16(6-2)8-10-18/h5,7-10,12H,1,6,11,13H2,2-4H3. The highest BCUT2D eigenvalue weighted by Crippen LogP contribution is 2.31. The molecule has 1 amide bonds. The van der Waals surface area contributed by atoms with Gasteiger partial charge in [0, 0.05) is 24.6 Å². The molecule has 6 nitrogen and oxygen atoms in total. The molecule has 0 aliphatic rings. The fourth-order valence-corrected chi connectivity index (χ4v) is 4.60. The summed E-state index contributed by atoms with van der Waals surface area (Å²) in [7, 11) is 0. The van der Waals surface area contributed by atoms with E-state index in [9.17, 15) is 4.79 Å². The number of anilines is 2. The lowest BCUT2D eigenvalue weighted by Crippen LogP contribution is -2.22. The van der Waals surface area contributed by atoms with Gasteiger partial charge >= 0.3 is 0 Å². The van der Waals surface area contributed by atoms with Gasteiger partial charge < -0.3 is 4.57 Å². The van der Waals surface area contributed by atoms with Crippen molar-refractivity contribution < 1.29 is 4.79 Å². The number of hydrogen-bond acceptors (Lipinski definition) is 6. The highest BCUT2D eigenvalue weighted by molar-refractivity contribution is 7.98. The van der Waals surface area contributed by atoms with E-state index in [0.29, 0.717) is 17.4 Å². The van der Waals surface area contributed by atoms with Crippen molar-refractivity contribution in [3.8, 4) is 0 Å². The van der Waals surface area contributed by atoms with E-state index in [-0.39, 0.29) is 5.91 Å². The third kappa shape index (κ3) is 4.51. The molecule has 146 valence electrons. The Morgan fingerprint density at radius 1 is 1.32 bits per heavy atom. The van der Waals surface area contributed by atoms with Crippen LogP contribution in [0.3, 0.4) is 0 Å². The number of allylic oxidation sites excluding steroid dienone is 1. The van der Waals surface area contributed by atoms with Gasteiger partial charge in [0.05, 0.1) is 11.4 Å². The van der Waals surface area contributed by atoms with Crippen LogP contribution < -0.4 is 4.90 Å². The topological polar surface area (TPSA) is 63.9 Å². The van der Waals surface area contributed by atoms with Crippen molar-refractivity contribution in [1.29, 1.82) is 0 Å². The normalized spacial score (nSPS) is 10.8. The Morgan fingerprint density at radius 3 is 2.71 bits per heavy atom. The maximum absolute atomic E-state index is 12.3. The average molecular weight is 414 g/mol. The average Bonchev–Trinajstić information content (AvgIpc) is 3.28. The zero-order valence-electron chi connectivity index (χ0n) is 16.3. The Kier molecular flexibility index (Phi) is 6.64. The maximum atomic E-state index is 12.3. The van der Waals surface area contributed by atoms with Crippen LogP contribution in [0.2, 0.25) is 0 Å². The molecule has 0 atom stereocenters. The minimum atomic E-state index is -0.0563. The van der Waals surface area contributed by atoms with Crippen LogP contribution in [0, 0.1) is 6.92 Å². The maximum Gasteiger partial charge on any atom is 0.230 e. The highest BCUT2D eigenvalue weighted by Gasteiger charge is 2.18. The number of aromatic nitrogens is 4. The van der Waals surface area contributed by atoms with Gasteiger partial charge in [-0.2, -0.15) is 0 Å². The lowest BCUT2D eigenvalue weighted by Gasteiger charge is -2.18. The second kappa shape index (κ2) is 9.16. The van der Waals surface area contributed by atoms with Crippen molar-refractivity contribution in [1.82, 2.24) is 19.7 Å². The van der Waals surface area contributed by atoms with Crippen LogP contribution in [0.25, 0.3) is 0 Å². The number of aryl methyl sites for hydroxylation is 2. The first-order valence-corrected chi connectivity index (χ1v) is 10.9. The van der Waals surface area contributed by atoms with Crippen LogP contribution >= 0.6 is 23.1 Å². The molecule has 2 heterocycles. The molecule has 0 aliphatic heterocycles. The summed E-state index contributed by atoms with van der Waals surface area (Å²) in [6, 6.07) is 8.03. The van der Waals surface area contributed by atoms with Crippen molar-refractivity contribution in [2.75, 3.05) is 4.90 Å². The summed E-state index contributed by atoms with van der Waals surface area (Å²) in [6.45, 7) is 10.1. The van der Waals surface area contributed by atoms with Crippen molar-refractivity contribution >= 4 is 39.8 Å². The molecular formula is C20H23N5OS2. The number of thiazole rings is 1. The summed E-state index contributed by atoms with van der Waals surface area (Å²) in [5.41, 5.74) is 2.98. The van der Waals surface area contributed by atoms with Gasteiger partial charge in [-0.3, -0.25) is 9.69 Å². The van der Waals surface area contributed by atoms with E-state index < -0.39 is 0 Å². The van der Waals surface area contributed by atoms with Crippen LogP contribution in [0.1, 0.15) is 30.9 Å². The Bertz CT molecular complexity index is 961. The van der Waals surface area contributed by atoms with Crippen LogP contribution in [-0.4, -0.2) is 25.7 Å². The van der Waals surface area contributed by atoms with Crippen molar-refractivity contribution in [2.24, 2.45) is 0 Å². The van der Waals surface area contributed by atoms with Crippen molar-refractivity contribution in [3.63, 3.8) is 0 Å². The predicted octanol–water partition coefficient (Wildman–Crippen LogP) is 4.77. The van der Waals surface area contributed by atoms with Gasteiger partial charge in [0.2, 0.25) is 5.91 Å². The first kappa shape index (κ1) is 20.3. The molecule has 0 bridgehead atoms. The SMILES string of the molecule is C=CCn1c(C)nnc1SCc1csc(N(C(C)=O)c2ccc(CC)cc2)n1. The number of carbonyl (C=O) groups is 1. The second-order valence-electron chi connectivity index (χ2n) is 6.21. The largest absolute Gasteiger partial charge is 0.302 e. The fourth-order valence-electron chi connectivity index (χ4n) is 2.72. The first-order chi connectivity index (χ1) is 13.5. The summed E-state index contributed by atoms with van der Waals surface area (Å²) >= 11 is 3.04. The number of hydrogen-bond donors (Lipinski definition) is 0. The zero-order valence-corrected chi connectivity index (χ0v) is 17.9. The van der Waals surface area contributed by atoms with E-state index in [1.54, 1.807) is 23.6 Å². The van der Waals surface area contributed by atoms with Crippen LogP contribution in [0.5, 0.6) is 0 Å². The summed E-state index contributed by atoms with van der Waals surface area (Å²) in [4.78, 5) is 18.6. The van der Waals surface area contributed by atoms with Gasteiger partial charge in [0.15, 0.2) is 10.3 Å². The van der Waals surface area contributed by atoms with E-state index in [4.69, 9.17) is 0 Å². The van der Waals surface area contributed by atoms with E-state index in [1.807, 2.05) is 47.2 Å². The summed E-state index contributed by atoms with van der Waals surface area (Å²) < 4.78 is 2.02. The lowest BCUT2D eigenvalue weighted by atomic mass is 10.1. The molecule has 28 heavy (non-hydrogen) atoms. The predicted molar refractivity (Wildman–Crippen MR) is 115 cm³/mol. The zero-order chi connectivity index (χ0) is 20.1. The third-order valence-corrected chi connectivity index (χ3v) is 6.09. The molecule has 0 radical (unpaired) electrons. The lowest BCUT2D eigenvalue weighted by molar-refractivity contribution is -0.115. The number of benzene rings is 1. The van der Waals surface area contributed by atoms with Crippen LogP contribution in [0.15, 0.2) is 47.5 Å². The number of thioether (sulfide) groups is 1. The van der Waals surface area contributed by atoms with Gasteiger partial charge in [-0.15, -0.1) is 28.1 Å². The number of rotatable bonds is 8. The molecule has 2 aromatic heterocycles. The van der Waals surface area contributed by atoms with Gasteiger partial charge in [0.25, 0.3) is 0 Å². The third-order valence-electron chi connectivity index (χ3n) is 4.21. The fraction of sp³-hybridized carbons (Fsp3) is 0.300. The highest BCUT2D eigenvalue weighted by atomic mass is 32.2. The number of nitrogens with zero attached hydrogens (tertiary/aromatic N) is 5. The van der Waals surface area contributed by atoms with Gasteiger partial charge in [-0.25, -0.2) is 4.98 Å². The molecule has 0 N–H and O–H groups in total. The Balaban J connectivity index is 1.76. The second-order valence-corrected chi connectivity index (χ2v) is 7.99.